The Hall–Kier alpha value is -1.55. The number of aliphatic hydroxyl groups is 2. The van der Waals surface area contributed by atoms with Crippen molar-refractivity contribution in [3.63, 3.8) is 0 Å². The van der Waals surface area contributed by atoms with Crippen LogP contribution >= 0.6 is 7.82 Å². The maximum Gasteiger partial charge on any atom is 0.472 e. The van der Waals surface area contributed by atoms with Gasteiger partial charge in [0.1, 0.15) is 12.7 Å². The molecule has 0 saturated heterocycles. The highest BCUT2D eigenvalue weighted by Gasteiger charge is 2.27. The largest absolute Gasteiger partial charge is 0.472 e. The van der Waals surface area contributed by atoms with Gasteiger partial charge in [-0.1, -0.05) is 154 Å². The van der Waals surface area contributed by atoms with Crippen molar-refractivity contribution < 1.29 is 47.8 Å². The van der Waals surface area contributed by atoms with Crippen LogP contribution in [-0.2, 0) is 32.7 Å². The molecule has 0 bridgehead atoms. The van der Waals surface area contributed by atoms with E-state index in [1.165, 1.54) is 96.3 Å². The van der Waals surface area contributed by atoms with Crippen LogP contribution in [0.1, 0.15) is 187 Å². The summed E-state index contributed by atoms with van der Waals surface area (Å²) in [6, 6.07) is 0. The Labute approximate surface area is 317 Å². The smallest absolute Gasteiger partial charge is 0.462 e. The Balaban J connectivity index is 4.26. The van der Waals surface area contributed by atoms with Crippen molar-refractivity contribution >= 4 is 19.8 Å². The summed E-state index contributed by atoms with van der Waals surface area (Å²) in [7, 11) is -4.61. The van der Waals surface area contributed by atoms with Crippen molar-refractivity contribution in [1.82, 2.24) is 0 Å². The first-order chi connectivity index (χ1) is 25.2. The monoisotopic (exact) mass is 761 g/mol. The molecule has 0 amide bonds. The van der Waals surface area contributed by atoms with Gasteiger partial charge < -0.3 is 24.6 Å². The fourth-order valence-corrected chi connectivity index (χ4v) is 6.40. The number of rotatable bonds is 39. The summed E-state index contributed by atoms with van der Waals surface area (Å²) >= 11 is 0. The molecular weight excluding hydrogens is 683 g/mol. The maximum atomic E-state index is 12.6. The standard InChI is InChI=1S/C41H77O10P/c1-3-5-7-9-11-13-15-16-17-18-19-20-21-22-23-25-27-29-31-33-41(45)51-39(37-50-52(46,47)49-35-38(43)34-42)36-48-40(44)32-30-28-26-24-14-12-10-8-6-4-2/h11,13,16-17,38-39,42-43H,3-10,12,14-15,18-37H2,1-2H3,(H,46,47)/b13-11-,17-16-. The van der Waals surface area contributed by atoms with Crippen LogP contribution in [0.5, 0.6) is 0 Å². The maximum absolute atomic E-state index is 12.6. The van der Waals surface area contributed by atoms with E-state index < -0.39 is 51.8 Å². The highest BCUT2D eigenvalue weighted by Crippen LogP contribution is 2.43. The zero-order valence-electron chi connectivity index (χ0n) is 33.0. The second-order valence-electron chi connectivity index (χ2n) is 14.0. The van der Waals surface area contributed by atoms with Crippen molar-refractivity contribution in [2.45, 2.75) is 199 Å². The second kappa shape index (κ2) is 37.8. The van der Waals surface area contributed by atoms with Gasteiger partial charge in [-0.15, -0.1) is 0 Å². The Kier molecular flexibility index (Phi) is 36.6. The molecule has 0 aliphatic rings. The molecule has 0 spiro atoms. The third-order valence-corrected chi connectivity index (χ3v) is 9.81. The summed E-state index contributed by atoms with van der Waals surface area (Å²) in [6.07, 6.45) is 35.7. The number of phosphoric ester groups is 1. The minimum Gasteiger partial charge on any atom is -0.462 e. The lowest BCUT2D eigenvalue weighted by atomic mass is 10.1. The highest BCUT2D eigenvalue weighted by atomic mass is 31.2. The number of aliphatic hydroxyl groups excluding tert-OH is 2. The zero-order valence-corrected chi connectivity index (χ0v) is 33.9. The summed E-state index contributed by atoms with van der Waals surface area (Å²) in [5, 5.41) is 18.3. The predicted octanol–water partition coefficient (Wildman–Crippen LogP) is 10.6. The molecule has 0 aliphatic heterocycles. The number of hydrogen-bond acceptors (Lipinski definition) is 9. The van der Waals surface area contributed by atoms with E-state index in [-0.39, 0.29) is 19.4 Å². The lowest BCUT2D eigenvalue weighted by Gasteiger charge is -2.20. The average Bonchev–Trinajstić information content (AvgIpc) is 3.13. The predicted molar refractivity (Wildman–Crippen MR) is 210 cm³/mol. The molecule has 0 heterocycles. The van der Waals surface area contributed by atoms with E-state index in [4.69, 9.17) is 19.1 Å². The van der Waals surface area contributed by atoms with Gasteiger partial charge >= 0.3 is 19.8 Å². The lowest BCUT2D eigenvalue weighted by molar-refractivity contribution is -0.161. The lowest BCUT2D eigenvalue weighted by Crippen LogP contribution is -2.29. The molecule has 306 valence electrons. The van der Waals surface area contributed by atoms with Crippen LogP contribution in [0.15, 0.2) is 24.3 Å². The van der Waals surface area contributed by atoms with Crippen molar-refractivity contribution in [3.8, 4) is 0 Å². The van der Waals surface area contributed by atoms with Gasteiger partial charge in [0.2, 0.25) is 0 Å². The van der Waals surface area contributed by atoms with E-state index in [1.54, 1.807) is 0 Å². The molecule has 0 aromatic rings. The molecule has 0 radical (unpaired) electrons. The van der Waals surface area contributed by atoms with Crippen molar-refractivity contribution in [2.75, 3.05) is 26.4 Å². The number of ether oxygens (including phenoxy) is 2. The third-order valence-electron chi connectivity index (χ3n) is 8.86. The molecule has 0 rings (SSSR count). The number of esters is 2. The van der Waals surface area contributed by atoms with Gasteiger partial charge in [-0.25, -0.2) is 4.57 Å². The highest BCUT2D eigenvalue weighted by molar-refractivity contribution is 7.47. The van der Waals surface area contributed by atoms with E-state index in [2.05, 4.69) is 42.7 Å². The van der Waals surface area contributed by atoms with Gasteiger partial charge in [0, 0.05) is 12.8 Å². The Morgan fingerprint density at radius 3 is 1.52 bits per heavy atom. The van der Waals surface area contributed by atoms with Gasteiger partial charge in [0.25, 0.3) is 0 Å². The zero-order chi connectivity index (χ0) is 38.4. The molecular formula is C41H77O10P. The van der Waals surface area contributed by atoms with Crippen LogP contribution < -0.4 is 0 Å². The quantitative estimate of drug-likeness (QED) is 0.0239. The summed E-state index contributed by atoms with van der Waals surface area (Å²) in [5.74, 6) is -0.927. The van der Waals surface area contributed by atoms with Crippen molar-refractivity contribution in [2.24, 2.45) is 0 Å². The van der Waals surface area contributed by atoms with Crippen LogP contribution in [0.3, 0.4) is 0 Å². The molecule has 3 unspecified atom stereocenters. The molecule has 0 aromatic carbocycles. The average molecular weight is 761 g/mol. The minimum atomic E-state index is -4.61. The van der Waals surface area contributed by atoms with E-state index in [9.17, 15) is 24.2 Å². The summed E-state index contributed by atoms with van der Waals surface area (Å²) in [6.45, 7) is 2.34. The fourth-order valence-electron chi connectivity index (χ4n) is 5.61. The number of carbonyl (C=O) groups is 2. The van der Waals surface area contributed by atoms with Crippen LogP contribution in [0, 0.1) is 0 Å². The van der Waals surface area contributed by atoms with E-state index in [0.717, 1.165) is 51.4 Å². The molecule has 52 heavy (non-hydrogen) atoms. The molecule has 0 fully saturated rings. The van der Waals surface area contributed by atoms with Crippen LogP contribution in [0.2, 0.25) is 0 Å². The van der Waals surface area contributed by atoms with Crippen LogP contribution in [0.4, 0.5) is 0 Å². The van der Waals surface area contributed by atoms with Gasteiger partial charge in [-0.3, -0.25) is 18.6 Å². The first-order valence-corrected chi connectivity index (χ1v) is 22.3. The number of allylic oxidation sites excluding steroid dienone is 4. The number of unbranched alkanes of at least 4 members (excludes halogenated alkanes) is 21. The number of hydrogen-bond donors (Lipinski definition) is 3. The van der Waals surface area contributed by atoms with Gasteiger partial charge in [-0.2, -0.15) is 0 Å². The van der Waals surface area contributed by atoms with Gasteiger partial charge in [-0.05, 0) is 44.9 Å². The molecule has 10 nitrogen and oxygen atoms in total. The van der Waals surface area contributed by atoms with Crippen LogP contribution in [0.25, 0.3) is 0 Å². The summed E-state index contributed by atoms with van der Waals surface area (Å²) in [4.78, 5) is 34.9. The second-order valence-corrected chi connectivity index (χ2v) is 15.5. The fraction of sp³-hybridized carbons (Fsp3) is 0.854. The molecule has 3 atom stereocenters. The summed E-state index contributed by atoms with van der Waals surface area (Å²) in [5.41, 5.74) is 0. The molecule has 11 heteroatoms. The number of carbonyl (C=O) groups excluding carboxylic acids is 2. The molecule has 3 N–H and O–H groups in total. The van der Waals surface area contributed by atoms with E-state index >= 15 is 0 Å². The third kappa shape index (κ3) is 36.8. The van der Waals surface area contributed by atoms with Crippen LogP contribution in [-0.4, -0.2) is 65.7 Å². The molecule has 0 aliphatic carbocycles. The normalized spacial score (nSPS) is 14.2. The summed E-state index contributed by atoms with van der Waals surface area (Å²) < 4.78 is 32.6. The van der Waals surface area contributed by atoms with E-state index in [1.807, 2.05) is 0 Å². The van der Waals surface area contributed by atoms with Gasteiger partial charge in [0.05, 0.1) is 19.8 Å². The number of phosphoric acid groups is 1. The SMILES string of the molecule is CCCCC/C=C\C/C=C\CCCCCCCCCCCC(=O)OC(COC(=O)CCCCCCCCCCCC)COP(=O)(O)OCC(O)CO. The minimum absolute atomic E-state index is 0.182. The topological polar surface area (TPSA) is 149 Å². The molecule has 0 saturated carbocycles. The van der Waals surface area contributed by atoms with Crippen molar-refractivity contribution in [1.29, 1.82) is 0 Å². The Bertz CT molecular complexity index is 925. The van der Waals surface area contributed by atoms with Crippen molar-refractivity contribution in [3.05, 3.63) is 24.3 Å². The first-order valence-electron chi connectivity index (χ1n) is 20.8. The Morgan fingerprint density at radius 1 is 0.577 bits per heavy atom. The van der Waals surface area contributed by atoms with E-state index in [0.29, 0.717) is 12.8 Å². The Morgan fingerprint density at radius 2 is 1.00 bits per heavy atom. The van der Waals surface area contributed by atoms with Gasteiger partial charge in [0.15, 0.2) is 6.10 Å². The first kappa shape index (κ1) is 50.5. The molecule has 0 aromatic heterocycles.